The Balaban J connectivity index is 2.21. The predicted molar refractivity (Wildman–Crippen MR) is 39.3 cm³/mol. The van der Waals surface area contributed by atoms with Gasteiger partial charge in [-0.3, -0.25) is 0 Å². The number of nitrogens with zero attached hydrogens (tertiary/aromatic N) is 1. The van der Waals surface area contributed by atoms with Gasteiger partial charge in [0.2, 0.25) is 0 Å². The second kappa shape index (κ2) is 3.73. The van der Waals surface area contributed by atoms with E-state index in [0.29, 0.717) is 5.92 Å². The molecule has 1 fully saturated rings. The maximum Gasteiger partial charge on any atom is 0.293 e. The van der Waals surface area contributed by atoms with Gasteiger partial charge in [0.05, 0.1) is 6.19 Å². The Hall–Kier alpha value is -0.345. The Morgan fingerprint density at radius 2 is 2.60 bits per heavy atom. The monoisotopic (exact) mass is 140 g/mol. The number of rotatable bonds is 3. The number of hydrogen-bond donors (Lipinski definition) is 1. The molecule has 0 aromatic heterocycles. The molecular weight excluding hydrogens is 129 g/mol. The van der Waals surface area contributed by atoms with Gasteiger partial charge in [-0.15, -0.1) is 0 Å². The first-order valence-corrected chi connectivity index (χ1v) is 3.50. The average molecular weight is 140 g/mol. The van der Waals surface area contributed by atoms with E-state index in [1.807, 2.05) is 4.81 Å². The Kier molecular flexibility index (Phi) is 2.90. The first kappa shape index (κ1) is 7.76. The van der Waals surface area contributed by atoms with Crippen LogP contribution in [0.2, 0.25) is 0 Å². The van der Waals surface area contributed by atoms with Crippen LogP contribution in [-0.2, 0) is 4.79 Å². The van der Waals surface area contributed by atoms with Crippen molar-refractivity contribution in [1.82, 2.24) is 4.81 Å². The SMILES string of the molecule is O=C[B]N1CCC(CO)C1. The summed E-state index contributed by atoms with van der Waals surface area (Å²) >= 11 is 0. The Bertz CT molecular complexity index is 120. The molecule has 0 aromatic carbocycles. The lowest BCUT2D eigenvalue weighted by Crippen LogP contribution is -2.26. The van der Waals surface area contributed by atoms with Gasteiger partial charge in [0, 0.05) is 6.61 Å². The Labute approximate surface area is 61.3 Å². The largest absolute Gasteiger partial charge is 0.396 e. The summed E-state index contributed by atoms with van der Waals surface area (Å²) in [5, 5.41) is 8.72. The van der Waals surface area contributed by atoms with E-state index in [2.05, 4.69) is 0 Å². The van der Waals surface area contributed by atoms with Gasteiger partial charge in [0.15, 0.2) is 0 Å². The summed E-state index contributed by atoms with van der Waals surface area (Å²) in [6, 6.07) is 0. The highest BCUT2D eigenvalue weighted by atomic mass is 16.3. The summed E-state index contributed by atoms with van der Waals surface area (Å²) in [6.07, 6.45) is 1.79. The number of carbonyl (C=O) groups excluding carboxylic acids is 1. The second-order valence-electron chi connectivity index (χ2n) is 2.62. The van der Waals surface area contributed by atoms with E-state index in [4.69, 9.17) is 5.11 Å². The molecular formula is C6H11BNO2. The smallest absolute Gasteiger partial charge is 0.293 e. The third-order valence-electron chi connectivity index (χ3n) is 1.85. The van der Waals surface area contributed by atoms with Crippen LogP contribution in [0.25, 0.3) is 0 Å². The lowest BCUT2D eigenvalue weighted by molar-refractivity contribution is 0.233. The molecule has 1 atom stereocenters. The molecule has 4 heteroatoms. The first-order valence-electron chi connectivity index (χ1n) is 3.50. The molecule has 1 rings (SSSR count). The van der Waals surface area contributed by atoms with E-state index in [-0.39, 0.29) is 6.61 Å². The van der Waals surface area contributed by atoms with Crippen molar-refractivity contribution in [3.05, 3.63) is 0 Å². The van der Waals surface area contributed by atoms with Crippen LogP contribution in [0.4, 0.5) is 0 Å². The molecule has 1 heterocycles. The van der Waals surface area contributed by atoms with Crippen molar-refractivity contribution in [1.29, 1.82) is 0 Å². The van der Waals surface area contributed by atoms with Crippen LogP contribution in [0.1, 0.15) is 6.42 Å². The summed E-state index contributed by atoms with van der Waals surface area (Å²) in [4.78, 5) is 11.9. The molecule has 1 unspecified atom stereocenters. The normalized spacial score (nSPS) is 26.7. The molecule has 55 valence electrons. The molecule has 3 nitrogen and oxygen atoms in total. The molecule has 0 aromatic rings. The van der Waals surface area contributed by atoms with Gasteiger partial charge in [-0.05, 0) is 25.4 Å². The van der Waals surface area contributed by atoms with Gasteiger partial charge < -0.3 is 14.7 Å². The lowest BCUT2D eigenvalue weighted by Gasteiger charge is -2.09. The quantitative estimate of drug-likeness (QED) is 0.408. The number of carbonyl (C=O) groups is 1. The van der Waals surface area contributed by atoms with Gasteiger partial charge in [-0.1, -0.05) is 0 Å². The Morgan fingerprint density at radius 3 is 3.10 bits per heavy atom. The summed E-state index contributed by atoms with van der Waals surface area (Å²) in [6.45, 7) is 1.97. The van der Waals surface area contributed by atoms with Crippen LogP contribution >= 0.6 is 0 Å². The molecule has 0 saturated carbocycles. The van der Waals surface area contributed by atoms with E-state index in [1.54, 1.807) is 0 Å². The molecule has 0 amide bonds. The maximum absolute atomic E-state index is 10.00. The molecule has 0 spiro atoms. The highest BCUT2D eigenvalue weighted by molar-refractivity contribution is 6.64. The topological polar surface area (TPSA) is 40.5 Å². The third kappa shape index (κ3) is 1.82. The third-order valence-corrected chi connectivity index (χ3v) is 1.85. The summed E-state index contributed by atoms with van der Waals surface area (Å²) in [5.41, 5.74) is 0. The molecule has 0 bridgehead atoms. The number of hydrogen-bond acceptors (Lipinski definition) is 3. The zero-order valence-electron chi connectivity index (χ0n) is 5.86. The van der Waals surface area contributed by atoms with Crippen molar-refractivity contribution in [3.8, 4) is 0 Å². The van der Waals surface area contributed by atoms with Gasteiger partial charge in [0.25, 0.3) is 7.41 Å². The number of aliphatic hydroxyl groups is 1. The van der Waals surface area contributed by atoms with E-state index in [0.717, 1.165) is 25.7 Å². The van der Waals surface area contributed by atoms with Gasteiger partial charge in [0.1, 0.15) is 0 Å². The fourth-order valence-electron chi connectivity index (χ4n) is 1.23. The summed E-state index contributed by atoms with van der Waals surface area (Å²) < 4.78 is 0. The molecule has 1 radical (unpaired) electrons. The van der Waals surface area contributed by atoms with Gasteiger partial charge >= 0.3 is 0 Å². The minimum Gasteiger partial charge on any atom is -0.396 e. The van der Waals surface area contributed by atoms with Crippen LogP contribution in [0.5, 0.6) is 0 Å². The van der Waals surface area contributed by atoms with E-state index < -0.39 is 0 Å². The fraction of sp³-hybridized carbons (Fsp3) is 0.833. The molecule has 1 saturated heterocycles. The molecule has 1 aliphatic rings. The van der Waals surface area contributed by atoms with Crippen LogP contribution in [0.15, 0.2) is 0 Å². The highest BCUT2D eigenvalue weighted by Gasteiger charge is 2.21. The van der Waals surface area contributed by atoms with Gasteiger partial charge in [-0.2, -0.15) is 0 Å². The van der Waals surface area contributed by atoms with Crippen LogP contribution in [-0.4, -0.2) is 43.2 Å². The molecule has 1 N–H and O–H groups in total. The zero-order chi connectivity index (χ0) is 7.40. The van der Waals surface area contributed by atoms with Crippen molar-refractivity contribution in [2.24, 2.45) is 5.92 Å². The summed E-state index contributed by atoms with van der Waals surface area (Å²) in [5.74, 6) is 0.371. The second-order valence-corrected chi connectivity index (χ2v) is 2.62. The maximum atomic E-state index is 10.00. The predicted octanol–water partition coefficient (Wildman–Crippen LogP) is -0.890. The van der Waals surface area contributed by atoms with E-state index >= 15 is 0 Å². The van der Waals surface area contributed by atoms with Gasteiger partial charge in [-0.25, -0.2) is 0 Å². The van der Waals surface area contributed by atoms with Crippen molar-refractivity contribution in [2.45, 2.75) is 6.42 Å². The fourth-order valence-corrected chi connectivity index (χ4v) is 1.23. The minimum absolute atomic E-state index is 0.239. The molecule has 1 aliphatic heterocycles. The van der Waals surface area contributed by atoms with E-state index in [1.165, 1.54) is 7.41 Å². The summed E-state index contributed by atoms with van der Waals surface area (Å²) in [7, 11) is 1.54. The van der Waals surface area contributed by atoms with Crippen molar-refractivity contribution in [2.75, 3.05) is 19.7 Å². The zero-order valence-corrected chi connectivity index (χ0v) is 5.86. The standard InChI is InChI=1S/C6H11BNO2/c9-4-6-1-2-8(3-6)7-5-10/h5-6,9H,1-4H2. The minimum atomic E-state index is 0.239. The first-order chi connectivity index (χ1) is 4.86. The molecule has 10 heavy (non-hydrogen) atoms. The van der Waals surface area contributed by atoms with Crippen LogP contribution in [0, 0.1) is 5.92 Å². The Morgan fingerprint density at radius 1 is 1.80 bits per heavy atom. The van der Waals surface area contributed by atoms with Crippen LogP contribution in [0.3, 0.4) is 0 Å². The molecule has 0 aliphatic carbocycles. The van der Waals surface area contributed by atoms with Crippen molar-refractivity contribution in [3.63, 3.8) is 0 Å². The van der Waals surface area contributed by atoms with Crippen LogP contribution < -0.4 is 0 Å². The lowest BCUT2D eigenvalue weighted by atomic mass is 9.96. The van der Waals surface area contributed by atoms with Crippen molar-refractivity contribution < 1.29 is 9.90 Å². The highest BCUT2D eigenvalue weighted by Crippen LogP contribution is 2.12. The average Bonchev–Trinajstić information content (AvgIpc) is 2.37. The van der Waals surface area contributed by atoms with Crippen molar-refractivity contribution >= 4 is 13.6 Å². The number of aliphatic hydroxyl groups excluding tert-OH is 1. The van der Waals surface area contributed by atoms with E-state index in [9.17, 15) is 4.79 Å².